The highest BCUT2D eigenvalue weighted by molar-refractivity contribution is 6.37. The van der Waals surface area contributed by atoms with Crippen LogP contribution >= 0.6 is 23.2 Å². The maximum absolute atomic E-state index is 11.4. The van der Waals surface area contributed by atoms with Crippen molar-refractivity contribution in [3.63, 3.8) is 0 Å². The van der Waals surface area contributed by atoms with Crippen molar-refractivity contribution >= 4 is 41.2 Å². The third-order valence-electron chi connectivity index (χ3n) is 1.85. The average molecular weight is 275 g/mol. The van der Waals surface area contributed by atoms with Crippen molar-refractivity contribution in [2.45, 2.75) is 0 Å². The monoisotopic (exact) mass is 274 g/mol. The first-order valence-electron chi connectivity index (χ1n) is 4.73. The van der Waals surface area contributed by atoms with Crippen molar-refractivity contribution in [1.29, 1.82) is 0 Å². The summed E-state index contributed by atoms with van der Waals surface area (Å²) in [4.78, 5) is 17.3. The smallest absolute Gasteiger partial charge is 0.339 e. The third kappa shape index (κ3) is 3.61. The zero-order chi connectivity index (χ0) is 13.0. The summed E-state index contributed by atoms with van der Waals surface area (Å²) in [6, 6.07) is 3.03. The molecule has 0 saturated carbocycles. The van der Waals surface area contributed by atoms with Gasteiger partial charge in [0.1, 0.15) is 0 Å². The fourth-order valence-electron chi connectivity index (χ4n) is 1.10. The molecule has 0 fully saturated rings. The number of benzene rings is 1. The number of nitrogens with zero attached hydrogens (tertiary/aromatic N) is 2. The maximum atomic E-state index is 11.4. The van der Waals surface area contributed by atoms with Crippen molar-refractivity contribution in [1.82, 2.24) is 4.90 Å². The predicted octanol–water partition coefficient (Wildman–Crippen LogP) is 3.00. The largest absolute Gasteiger partial charge is 0.465 e. The van der Waals surface area contributed by atoms with Gasteiger partial charge in [0.05, 0.1) is 29.7 Å². The molecule has 0 heterocycles. The number of carbonyl (C=O) groups excluding carboxylic acids is 1. The first kappa shape index (κ1) is 13.8. The fourth-order valence-corrected chi connectivity index (χ4v) is 1.55. The topological polar surface area (TPSA) is 41.9 Å². The summed E-state index contributed by atoms with van der Waals surface area (Å²) < 4.78 is 4.61. The van der Waals surface area contributed by atoms with E-state index in [1.807, 2.05) is 14.1 Å². The highest BCUT2D eigenvalue weighted by Gasteiger charge is 2.15. The van der Waals surface area contributed by atoms with E-state index in [0.717, 1.165) is 0 Å². The second kappa shape index (κ2) is 5.89. The summed E-state index contributed by atoms with van der Waals surface area (Å²) in [6.07, 6.45) is 1.57. The molecule has 0 amide bonds. The van der Waals surface area contributed by atoms with Gasteiger partial charge in [0.2, 0.25) is 0 Å². The van der Waals surface area contributed by atoms with Gasteiger partial charge in [-0.05, 0) is 12.1 Å². The number of hydrogen-bond acceptors (Lipinski definition) is 3. The minimum Gasteiger partial charge on any atom is -0.465 e. The van der Waals surface area contributed by atoms with Gasteiger partial charge in [-0.2, -0.15) is 0 Å². The van der Waals surface area contributed by atoms with Crippen LogP contribution < -0.4 is 0 Å². The lowest BCUT2D eigenvalue weighted by atomic mass is 10.2. The number of ether oxygens (including phenoxy) is 1. The van der Waals surface area contributed by atoms with Crippen LogP contribution in [0.4, 0.5) is 5.69 Å². The van der Waals surface area contributed by atoms with Crippen LogP contribution in [0, 0.1) is 0 Å². The third-order valence-corrected chi connectivity index (χ3v) is 2.47. The molecule has 0 atom stereocenters. The highest BCUT2D eigenvalue weighted by atomic mass is 35.5. The number of carbonyl (C=O) groups is 1. The van der Waals surface area contributed by atoms with Crippen molar-refractivity contribution in [3.8, 4) is 0 Å². The Morgan fingerprint density at radius 3 is 2.59 bits per heavy atom. The lowest BCUT2D eigenvalue weighted by molar-refractivity contribution is 0.0601. The Morgan fingerprint density at radius 2 is 2.06 bits per heavy atom. The molecule has 0 spiro atoms. The summed E-state index contributed by atoms with van der Waals surface area (Å²) in [7, 11) is 4.93. The molecule has 0 N–H and O–H groups in total. The van der Waals surface area contributed by atoms with E-state index in [1.54, 1.807) is 17.3 Å². The molecule has 1 aromatic rings. The van der Waals surface area contributed by atoms with Crippen molar-refractivity contribution in [2.75, 3.05) is 21.2 Å². The molecular weight excluding hydrogens is 263 g/mol. The van der Waals surface area contributed by atoms with Gasteiger partial charge >= 0.3 is 5.97 Å². The zero-order valence-corrected chi connectivity index (χ0v) is 11.2. The summed E-state index contributed by atoms with van der Waals surface area (Å²) in [5.41, 5.74) is 0.626. The van der Waals surface area contributed by atoms with E-state index in [2.05, 4.69) is 9.73 Å². The zero-order valence-electron chi connectivity index (χ0n) is 9.70. The lowest BCUT2D eigenvalue weighted by Crippen LogP contribution is -2.07. The molecular formula is C11H12Cl2N2O2. The highest BCUT2D eigenvalue weighted by Crippen LogP contribution is 2.32. The van der Waals surface area contributed by atoms with Gasteiger partial charge in [-0.25, -0.2) is 9.79 Å². The molecule has 17 heavy (non-hydrogen) atoms. The van der Waals surface area contributed by atoms with Crippen molar-refractivity contribution in [2.24, 2.45) is 4.99 Å². The van der Waals surface area contributed by atoms with Gasteiger partial charge in [-0.1, -0.05) is 23.2 Å². The number of aliphatic imine (C=N–C) groups is 1. The Morgan fingerprint density at radius 1 is 1.41 bits per heavy atom. The Labute approximate surface area is 110 Å². The Kier molecular flexibility index (Phi) is 4.78. The van der Waals surface area contributed by atoms with Crippen LogP contribution in [0.5, 0.6) is 0 Å². The van der Waals surface area contributed by atoms with Crippen LogP contribution in [0.15, 0.2) is 17.1 Å². The van der Waals surface area contributed by atoms with E-state index in [1.165, 1.54) is 13.2 Å². The van der Waals surface area contributed by atoms with Crippen LogP contribution in [0.2, 0.25) is 10.0 Å². The number of halogens is 2. The predicted molar refractivity (Wildman–Crippen MR) is 69.6 cm³/mol. The molecule has 0 radical (unpaired) electrons. The van der Waals surface area contributed by atoms with Crippen LogP contribution in [0.25, 0.3) is 0 Å². The van der Waals surface area contributed by atoms with Gasteiger partial charge < -0.3 is 9.64 Å². The van der Waals surface area contributed by atoms with E-state index < -0.39 is 5.97 Å². The van der Waals surface area contributed by atoms with E-state index in [0.29, 0.717) is 10.7 Å². The van der Waals surface area contributed by atoms with E-state index in [9.17, 15) is 4.79 Å². The van der Waals surface area contributed by atoms with Gasteiger partial charge in [0.15, 0.2) is 0 Å². The molecule has 0 aliphatic heterocycles. The van der Waals surface area contributed by atoms with E-state index in [4.69, 9.17) is 23.2 Å². The Bertz CT molecular complexity index is 459. The number of hydrogen-bond donors (Lipinski definition) is 0. The van der Waals surface area contributed by atoms with Crippen LogP contribution in [-0.4, -0.2) is 38.4 Å². The molecule has 1 aromatic carbocycles. The first-order valence-corrected chi connectivity index (χ1v) is 5.49. The molecule has 0 aromatic heterocycles. The number of rotatable bonds is 3. The summed E-state index contributed by atoms with van der Waals surface area (Å²) in [5, 5.41) is 0.597. The second-order valence-electron chi connectivity index (χ2n) is 3.49. The molecule has 1 rings (SSSR count). The molecule has 6 heteroatoms. The van der Waals surface area contributed by atoms with Gasteiger partial charge in [-0.3, -0.25) is 0 Å². The molecule has 92 valence electrons. The van der Waals surface area contributed by atoms with Gasteiger partial charge in [-0.15, -0.1) is 0 Å². The fraction of sp³-hybridized carbons (Fsp3) is 0.273. The van der Waals surface area contributed by atoms with Crippen molar-refractivity contribution < 1.29 is 9.53 Å². The molecule has 0 saturated heterocycles. The van der Waals surface area contributed by atoms with Crippen LogP contribution in [0.1, 0.15) is 10.4 Å². The Balaban J connectivity index is 3.23. The SMILES string of the molecule is COC(=O)c1cc(Cl)cc(N=CN(C)C)c1Cl. The van der Waals surface area contributed by atoms with E-state index >= 15 is 0 Å². The van der Waals surface area contributed by atoms with Crippen LogP contribution in [0.3, 0.4) is 0 Å². The first-order chi connectivity index (χ1) is 7.95. The summed E-state index contributed by atoms with van der Waals surface area (Å²) in [5.74, 6) is -0.543. The lowest BCUT2D eigenvalue weighted by Gasteiger charge is -2.07. The molecule has 0 aliphatic rings. The summed E-state index contributed by atoms with van der Waals surface area (Å²) in [6.45, 7) is 0. The normalized spacial score (nSPS) is 10.6. The number of esters is 1. The molecule has 0 unspecified atom stereocenters. The van der Waals surface area contributed by atoms with E-state index in [-0.39, 0.29) is 10.6 Å². The molecule has 0 aliphatic carbocycles. The minimum absolute atomic E-state index is 0.201. The maximum Gasteiger partial charge on any atom is 0.339 e. The molecule has 4 nitrogen and oxygen atoms in total. The van der Waals surface area contributed by atoms with Gasteiger partial charge in [0, 0.05) is 19.1 Å². The van der Waals surface area contributed by atoms with Crippen molar-refractivity contribution in [3.05, 3.63) is 27.7 Å². The average Bonchev–Trinajstić information content (AvgIpc) is 2.28. The standard InChI is InChI=1S/C11H12Cl2N2O2/c1-15(2)6-14-9-5-7(12)4-8(10(9)13)11(16)17-3/h4-6H,1-3H3. The molecule has 0 bridgehead atoms. The second-order valence-corrected chi connectivity index (χ2v) is 4.30. The van der Waals surface area contributed by atoms with Crippen LogP contribution in [-0.2, 0) is 4.74 Å². The summed E-state index contributed by atoms with van der Waals surface area (Å²) >= 11 is 11.9. The minimum atomic E-state index is -0.543. The quantitative estimate of drug-likeness (QED) is 0.483. The Hall–Kier alpha value is -1.26. The van der Waals surface area contributed by atoms with Gasteiger partial charge in [0.25, 0.3) is 0 Å². The number of methoxy groups -OCH3 is 1.